The normalized spacial score (nSPS) is 13.2. The number of carboxylic acids is 1. The summed E-state index contributed by atoms with van der Waals surface area (Å²) in [5.74, 6) is -1.45. The molecule has 2 aromatic rings. The molecule has 0 aromatic carbocycles. The first-order chi connectivity index (χ1) is 12.0. The highest BCUT2D eigenvalue weighted by molar-refractivity contribution is 5.99. The third kappa shape index (κ3) is 4.59. The van der Waals surface area contributed by atoms with Crippen molar-refractivity contribution >= 4 is 22.9 Å². The second-order valence-electron chi connectivity index (χ2n) is 8.18. The van der Waals surface area contributed by atoms with Crippen molar-refractivity contribution in [2.24, 2.45) is 5.41 Å². The number of pyridine rings is 1. The van der Waals surface area contributed by atoms with Gasteiger partial charge in [-0.3, -0.25) is 4.79 Å². The zero-order valence-corrected chi connectivity index (χ0v) is 16.3. The number of fused-ring (bicyclic) bond motifs is 1. The molecule has 0 saturated carbocycles. The minimum absolute atomic E-state index is 0.000236. The first-order valence-corrected chi connectivity index (χ1v) is 8.88. The Kier molecular flexibility index (Phi) is 5.68. The van der Waals surface area contributed by atoms with E-state index in [0.717, 1.165) is 11.0 Å². The highest BCUT2D eigenvalue weighted by Gasteiger charge is 2.24. The van der Waals surface area contributed by atoms with E-state index in [1.54, 1.807) is 23.9 Å². The summed E-state index contributed by atoms with van der Waals surface area (Å²) in [4.78, 5) is 28.7. The van der Waals surface area contributed by atoms with Crippen molar-refractivity contribution in [1.29, 1.82) is 0 Å². The van der Waals surface area contributed by atoms with Crippen LogP contribution >= 0.6 is 0 Å². The molecule has 0 radical (unpaired) electrons. The highest BCUT2D eigenvalue weighted by atomic mass is 16.4. The van der Waals surface area contributed by atoms with Crippen LogP contribution in [0.4, 0.5) is 0 Å². The first kappa shape index (κ1) is 19.9. The molecule has 0 aliphatic carbocycles. The summed E-state index contributed by atoms with van der Waals surface area (Å²) in [6.45, 7) is 11.9. The lowest BCUT2D eigenvalue weighted by Crippen LogP contribution is -2.41. The minimum atomic E-state index is -1.03. The van der Waals surface area contributed by atoms with Crippen molar-refractivity contribution in [3.05, 3.63) is 23.5 Å². The van der Waals surface area contributed by atoms with Gasteiger partial charge in [-0.1, -0.05) is 20.8 Å². The molecule has 1 atom stereocenters. The molecule has 2 rings (SSSR count). The zero-order chi connectivity index (χ0) is 19.6. The van der Waals surface area contributed by atoms with Crippen LogP contribution in [0.25, 0.3) is 11.0 Å². The molecule has 0 fully saturated rings. The van der Waals surface area contributed by atoms with Crippen LogP contribution in [-0.4, -0.2) is 37.8 Å². The summed E-state index contributed by atoms with van der Waals surface area (Å²) in [6.07, 6.45) is 2.75. The van der Waals surface area contributed by atoms with Gasteiger partial charge in [0.05, 0.1) is 17.5 Å². The Bertz CT molecular complexity index is 818. The number of hydrogen-bond donors (Lipinski definition) is 2. The fourth-order valence-electron chi connectivity index (χ4n) is 2.74. The third-order valence-electron chi connectivity index (χ3n) is 4.28. The molecular formula is C19H28N4O3. The summed E-state index contributed by atoms with van der Waals surface area (Å²) in [7, 11) is 0. The molecule has 1 amide bonds. The number of carbonyl (C=O) groups is 2. The van der Waals surface area contributed by atoms with E-state index in [-0.39, 0.29) is 11.5 Å². The van der Waals surface area contributed by atoms with Crippen LogP contribution in [0.2, 0.25) is 0 Å². The molecule has 0 aliphatic heterocycles. The summed E-state index contributed by atoms with van der Waals surface area (Å²) < 4.78 is 1.80. The molecular weight excluding hydrogens is 332 g/mol. The van der Waals surface area contributed by atoms with E-state index in [4.69, 9.17) is 0 Å². The number of hydrogen-bond acceptors (Lipinski definition) is 4. The maximum atomic E-state index is 12.6. The van der Waals surface area contributed by atoms with Gasteiger partial charge in [-0.15, -0.1) is 0 Å². The number of nitrogens with one attached hydrogen (secondary N) is 1. The Morgan fingerprint density at radius 3 is 2.50 bits per heavy atom. The maximum Gasteiger partial charge on any atom is 0.326 e. The Labute approximate surface area is 153 Å². The molecule has 1 unspecified atom stereocenters. The largest absolute Gasteiger partial charge is 0.480 e. The van der Waals surface area contributed by atoms with Gasteiger partial charge in [0.2, 0.25) is 0 Å². The predicted octanol–water partition coefficient (Wildman–Crippen LogP) is 3.33. The molecule has 142 valence electrons. The van der Waals surface area contributed by atoms with Crippen LogP contribution < -0.4 is 5.32 Å². The van der Waals surface area contributed by atoms with Gasteiger partial charge in [-0.2, -0.15) is 5.10 Å². The summed E-state index contributed by atoms with van der Waals surface area (Å²) in [5.41, 5.74) is 1.65. The van der Waals surface area contributed by atoms with E-state index in [2.05, 4.69) is 15.4 Å². The lowest BCUT2D eigenvalue weighted by atomic mass is 9.88. The topological polar surface area (TPSA) is 97.1 Å². The molecule has 2 heterocycles. The molecule has 7 heteroatoms. The molecule has 0 spiro atoms. The second-order valence-corrected chi connectivity index (χ2v) is 8.18. The van der Waals surface area contributed by atoms with Gasteiger partial charge in [0.15, 0.2) is 5.65 Å². The summed E-state index contributed by atoms with van der Waals surface area (Å²) in [6, 6.07) is 0.963. The second kappa shape index (κ2) is 7.43. The number of aliphatic carboxylic acids is 1. The van der Waals surface area contributed by atoms with Crippen LogP contribution in [0.5, 0.6) is 0 Å². The van der Waals surface area contributed by atoms with E-state index in [0.29, 0.717) is 24.1 Å². The van der Waals surface area contributed by atoms with Gasteiger partial charge in [0.1, 0.15) is 6.04 Å². The van der Waals surface area contributed by atoms with Gasteiger partial charge in [-0.25, -0.2) is 14.5 Å². The van der Waals surface area contributed by atoms with Crippen LogP contribution in [0.15, 0.2) is 12.3 Å². The average Bonchev–Trinajstić information content (AvgIpc) is 2.91. The van der Waals surface area contributed by atoms with Crippen LogP contribution in [0, 0.1) is 12.3 Å². The lowest BCUT2D eigenvalue weighted by molar-refractivity contribution is -0.139. The van der Waals surface area contributed by atoms with Crippen molar-refractivity contribution in [3.8, 4) is 0 Å². The smallest absolute Gasteiger partial charge is 0.326 e. The molecule has 0 bridgehead atoms. The molecule has 0 aliphatic rings. The number of amides is 1. The molecule has 0 saturated heterocycles. The van der Waals surface area contributed by atoms with Gasteiger partial charge in [0.25, 0.3) is 5.91 Å². The van der Waals surface area contributed by atoms with Gasteiger partial charge in [-0.05, 0) is 45.1 Å². The maximum absolute atomic E-state index is 12.6. The fraction of sp³-hybridized carbons (Fsp3) is 0.579. The quantitative estimate of drug-likeness (QED) is 0.823. The Hall–Kier alpha value is -2.44. The van der Waals surface area contributed by atoms with Crippen molar-refractivity contribution in [2.75, 3.05) is 0 Å². The highest BCUT2D eigenvalue weighted by Crippen LogP contribution is 2.22. The van der Waals surface area contributed by atoms with Crippen LogP contribution in [0.1, 0.15) is 69.6 Å². The van der Waals surface area contributed by atoms with Crippen molar-refractivity contribution in [1.82, 2.24) is 20.1 Å². The predicted molar refractivity (Wildman–Crippen MR) is 100 cm³/mol. The van der Waals surface area contributed by atoms with E-state index >= 15 is 0 Å². The number of carbonyl (C=O) groups excluding carboxylic acids is 1. The number of carboxylic acid groups (broad SMARTS) is 1. The van der Waals surface area contributed by atoms with E-state index in [1.165, 1.54) is 0 Å². The van der Waals surface area contributed by atoms with Crippen molar-refractivity contribution in [2.45, 2.75) is 66.5 Å². The van der Waals surface area contributed by atoms with Crippen LogP contribution in [-0.2, 0) is 4.79 Å². The average molecular weight is 360 g/mol. The summed E-state index contributed by atoms with van der Waals surface area (Å²) >= 11 is 0. The first-order valence-electron chi connectivity index (χ1n) is 8.88. The molecule has 7 nitrogen and oxygen atoms in total. The fourth-order valence-corrected chi connectivity index (χ4v) is 2.74. The summed E-state index contributed by atoms with van der Waals surface area (Å²) in [5, 5.41) is 17.1. The Morgan fingerprint density at radius 2 is 1.96 bits per heavy atom. The third-order valence-corrected chi connectivity index (χ3v) is 4.28. The van der Waals surface area contributed by atoms with Crippen molar-refractivity contribution < 1.29 is 14.7 Å². The number of nitrogens with zero attached hydrogens (tertiary/aromatic N) is 3. The Balaban J connectivity index is 2.25. The molecule has 26 heavy (non-hydrogen) atoms. The van der Waals surface area contributed by atoms with E-state index < -0.39 is 17.9 Å². The van der Waals surface area contributed by atoms with Crippen molar-refractivity contribution in [3.63, 3.8) is 0 Å². The molecule has 2 N–H and O–H groups in total. The van der Waals surface area contributed by atoms with Crippen LogP contribution in [0.3, 0.4) is 0 Å². The Morgan fingerprint density at radius 1 is 1.31 bits per heavy atom. The van der Waals surface area contributed by atoms with E-state index in [1.807, 2.05) is 34.6 Å². The SMILES string of the molecule is Cc1nc2c(cnn2C(C)C)cc1C(=O)NC(CCC(C)(C)C)C(=O)O. The molecule has 2 aromatic heterocycles. The standard InChI is InChI=1S/C19H28N4O3/c1-11(2)23-16-13(10-20-23)9-14(12(3)21-16)17(24)22-15(18(25)26)7-8-19(4,5)6/h9-11,15H,7-8H2,1-6H3,(H,22,24)(H,25,26). The van der Waals surface area contributed by atoms with Gasteiger partial charge < -0.3 is 10.4 Å². The van der Waals surface area contributed by atoms with Gasteiger partial charge in [0, 0.05) is 11.4 Å². The number of aromatic nitrogens is 3. The monoisotopic (exact) mass is 360 g/mol. The zero-order valence-electron chi connectivity index (χ0n) is 16.3. The van der Waals surface area contributed by atoms with E-state index in [9.17, 15) is 14.7 Å². The lowest BCUT2D eigenvalue weighted by Gasteiger charge is -2.21. The number of aryl methyl sites for hydroxylation is 1. The minimum Gasteiger partial charge on any atom is -0.480 e. The van der Waals surface area contributed by atoms with Gasteiger partial charge >= 0.3 is 5.97 Å². The number of rotatable bonds is 6.